The summed E-state index contributed by atoms with van der Waals surface area (Å²) in [6.07, 6.45) is -2.62. The maximum atomic E-state index is 13.1. The van der Waals surface area contributed by atoms with Gasteiger partial charge >= 0.3 is 6.18 Å². The second kappa shape index (κ2) is 8.90. The number of benzene rings is 2. The van der Waals surface area contributed by atoms with E-state index in [4.69, 9.17) is 16.0 Å². The van der Waals surface area contributed by atoms with Gasteiger partial charge in [-0.05, 0) is 62.2 Å². The predicted molar refractivity (Wildman–Crippen MR) is 117 cm³/mol. The maximum absolute atomic E-state index is 13.1. The van der Waals surface area contributed by atoms with Gasteiger partial charge in [0.25, 0.3) is 5.91 Å². The summed E-state index contributed by atoms with van der Waals surface area (Å²) in [5, 5.41) is 6.78. The zero-order valence-corrected chi connectivity index (χ0v) is 18.1. The van der Waals surface area contributed by atoms with Crippen LogP contribution < -0.4 is 10.7 Å². The Kier molecular flexibility index (Phi) is 6.16. The van der Waals surface area contributed by atoms with Crippen molar-refractivity contribution in [3.05, 3.63) is 81.5 Å². The average molecular weight is 480 g/mol. The Morgan fingerprint density at radius 2 is 1.85 bits per heavy atom. The molecule has 3 aromatic rings. The first-order valence-electron chi connectivity index (χ1n) is 10.0. The van der Waals surface area contributed by atoms with Gasteiger partial charge in [-0.25, -0.2) is 4.39 Å². The fraction of sp³-hybridized carbons (Fsp3) is 0.217. The van der Waals surface area contributed by atoms with Crippen LogP contribution in [0.1, 0.15) is 45.8 Å². The summed E-state index contributed by atoms with van der Waals surface area (Å²) < 4.78 is 57.9. The number of nitrogens with zero attached hydrogens (tertiary/aromatic N) is 1. The van der Waals surface area contributed by atoms with E-state index in [-0.39, 0.29) is 22.3 Å². The summed E-state index contributed by atoms with van der Waals surface area (Å²) in [6, 6.07) is 8.39. The van der Waals surface area contributed by atoms with Crippen LogP contribution in [0.5, 0.6) is 0 Å². The molecular formula is C23H18ClF4N3O2. The smallest absolute Gasteiger partial charge is 0.416 e. The molecule has 4 rings (SSSR count). The lowest BCUT2D eigenvalue weighted by molar-refractivity contribution is -0.137. The minimum atomic E-state index is -4.58. The number of halogens is 5. The molecule has 1 aliphatic rings. The molecule has 10 heteroatoms. The van der Waals surface area contributed by atoms with Crippen LogP contribution in [0.3, 0.4) is 0 Å². The minimum absolute atomic E-state index is 0.0233. The van der Waals surface area contributed by atoms with Crippen molar-refractivity contribution < 1.29 is 26.8 Å². The van der Waals surface area contributed by atoms with Crippen molar-refractivity contribution in [2.75, 3.05) is 10.7 Å². The van der Waals surface area contributed by atoms with E-state index in [1.165, 1.54) is 12.1 Å². The molecule has 0 bridgehead atoms. The van der Waals surface area contributed by atoms with Gasteiger partial charge in [0, 0.05) is 17.5 Å². The number of furan rings is 1. The number of rotatable bonds is 4. The molecule has 5 nitrogen and oxygen atoms in total. The molecular weight excluding hydrogens is 462 g/mol. The highest BCUT2D eigenvalue weighted by Gasteiger charge is 2.32. The highest BCUT2D eigenvalue weighted by molar-refractivity contribution is 6.34. The van der Waals surface area contributed by atoms with Crippen LogP contribution in [0.4, 0.5) is 28.9 Å². The quantitative estimate of drug-likeness (QED) is 0.319. The first-order valence-corrected chi connectivity index (χ1v) is 10.4. The molecule has 1 aliphatic carbocycles. The SMILES string of the molecule is Cc1c(C(=O)Nc2cc(C(F)(F)F)ccc2Cl)oc2c1/C(=N/Nc1ccc(F)cc1)CCC2. The Balaban J connectivity index is 1.60. The van der Waals surface area contributed by atoms with E-state index in [0.717, 1.165) is 24.6 Å². The summed E-state index contributed by atoms with van der Waals surface area (Å²) in [5.74, 6) is -0.534. The van der Waals surface area contributed by atoms with Gasteiger partial charge in [-0.1, -0.05) is 11.6 Å². The van der Waals surface area contributed by atoms with E-state index in [2.05, 4.69) is 15.8 Å². The van der Waals surface area contributed by atoms with Crippen molar-refractivity contribution >= 4 is 34.6 Å². The van der Waals surface area contributed by atoms with E-state index in [0.29, 0.717) is 41.1 Å². The minimum Gasteiger partial charge on any atom is -0.455 e. The lowest BCUT2D eigenvalue weighted by Crippen LogP contribution is -2.15. The second-order valence-electron chi connectivity index (χ2n) is 7.53. The number of nitrogens with one attached hydrogen (secondary N) is 2. The lowest BCUT2D eigenvalue weighted by atomic mass is 9.93. The summed E-state index contributed by atoms with van der Waals surface area (Å²) >= 11 is 5.99. The molecule has 0 aliphatic heterocycles. The Bertz CT molecular complexity index is 1230. The van der Waals surface area contributed by atoms with E-state index in [9.17, 15) is 22.4 Å². The van der Waals surface area contributed by atoms with Crippen molar-refractivity contribution in [3.63, 3.8) is 0 Å². The van der Waals surface area contributed by atoms with Crippen LogP contribution in [0.25, 0.3) is 0 Å². The van der Waals surface area contributed by atoms with Crippen molar-refractivity contribution in [2.24, 2.45) is 5.10 Å². The van der Waals surface area contributed by atoms with Crippen molar-refractivity contribution in [2.45, 2.75) is 32.4 Å². The van der Waals surface area contributed by atoms with E-state index < -0.39 is 17.6 Å². The van der Waals surface area contributed by atoms with Crippen molar-refractivity contribution in [3.8, 4) is 0 Å². The molecule has 2 aromatic carbocycles. The van der Waals surface area contributed by atoms with Gasteiger partial charge in [0.1, 0.15) is 11.6 Å². The molecule has 33 heavy (non-hydrogen) atoms. The number of anilines is 2. The third-order valence-electron chi connectivity index (χ3n) is 5.24. The highest BCUT2D eigenvalue weighted by atomic mass is 35.5. The molecule has 0 saturated heterocycles. The van der Waals surface area contributed by atoms with E-state index in [1.54, 1.807) is 19.1 Å². The Labute approximate surface area is 191 Å². The van der Waals surface area contributed by atoms with Crippen molar-refractivity contribution in [1.29, 1.82) is 0 Å². The Hall–Kier alpha value is -3.33. The third kappa shape index (κ3) is 4.88. The molecule has 1 heterocycles. The number of fused-ring (bicyclic) bond motifs is 1. The summed E-state index contributed by atoms with van der Waals surface area (Å²) in [7, 11) is 0. The average Bonchev–Trinajstić information content (AvgIpc) is 3.11. The number of aryl methyl sites for hydroxylation is 1. The van der Waals surface area contributed by atoms with Crippen LogP contribution in [-0.4, -0.2) is 11.6 Å². The van der Waals surface area contributed by atoms with Crippen molar-refractivity contribution in [1.82, 2.24) is 0 Å². The predicted octanol–water partition coefficient (Wildman–Crippen LogP) is 6.80. The normalized spacial score (nSPS) is 14.8. The van der Waals surface area contributed by atoms with Gasteiger partial charge in [-0.2, -0.15) is 18.3 Å². The van der Waals surface area contributed by atoms with Crippen LogP contribution in [0, 0.1) is 12.7 Å². The number of hydrogen-bond acceptors (Lipinski definition) is 4. The second-order valence-corrected chi connectivity index (χ2v) is 7.94. The monoisotopic (exact) mass is 479 g/mol. The van der Waals surface area contributed by atoms with E-state index in [1.807, 2.05) is 0 Å². The number of amides is 1. The van der Waals surface area contributed by atoms with Gasteiger partial charge in [0.05, 0.1) is 27.7 Å². The van der Waals surface area contributed by atoms with Crippen LogP contribution in [0.15, 0.2) is 52.0 Å². The van der Waals surface area contributed by atoms with Crippen LogP contribution in [-0.2, 0) is 12.6 Å². The fourth-order valence-electron chi connectivity index (χ4n) is 3.63. The number of carbonyl (C=O) groups excluding carboxylic acids is 1. The Morgan fingerprint density at radius 1 is 1.12 bits per heavy atom. The maximum Gasteiger partial charge on any atom is 0.416 e. The van der Waals surface area contributed by atoms with Crippen LogP contribution in [0.2, 0.25) is 5.02 Å². The summed E-state index contributed by atoms with van der Waals surface area (Å²) in [6.45, 7) is 1.68. The molecule has 1 aromatic heterocycles. The van der Waals surface area contributed by atoms with E-state index >= 15 is 0 Å². The summed E-state index contributed by atoms with van der Waals surface area (Å²) in [4.78, 5) is 12.8. The first kappa shape index (κ1) is 22.8. The first-order chi connectivity index (χ1) is 15.6. The highest BCUT2D eigenvalue weighted by Crippen LogP contribution is 2.35. The molecule has 2 N–H and O–H groups in total. The third-order valence-corrected chi connectivity index (χ3v) is 5.57. The molecule has 0 saturated carbocycles. The lowest BCUT2D eigenvalue weighted by Gasteiger charge is -2.13. The zero-order valence-electron chi connectivity index (χ0n) is 17.3. The number of carbonyl (C=O) groups is 1. The van der Waals surface area contributed by atoms with Gasteiger partial charge in [-0.15, -0.1) is 0 Å². The topological polar surface area (TPSA) is 66.6 Å². The molecule has 0 spiro atoms. The Morgan fingerprint density at radius 3 is 2.55 bits per heavy atom. The van der Waals surface area contributed by atoms with Gasteiger partial charge in [0.2, 0.25) is 0 Å². The largest absolute Gasteiger partial charge is 0.455 e. The molecule has 0 unspecified atom stereocenters. The van der Waals surface area contributed by atoms with Crippen LogP contribution >= 0.6 is 11.6 Å². The molecule has 0 radical (unpaired) electrons. The number of alkyl halides is 3. The number of hydrazone groups is 1. The molecule has 1 amide bonds. The molecule has 0 fully saturated rings. The fourth-order valence-corrected chi connectivity index (χ4v) is 3.79. The molecule has 172 valence electrons. The number of hydrogen-bond donors (Lipinski definition) is 2. The molecule has 0 atom stereocenters. The van der Waals surface area contributed by atoms with Gasteiger partial charge in [-0.3, -0.25) is 10.2 Å². The standard InChI is InChI=1S/C23H18ClF4N3O2/c1-12-20-17(31-30-15-8-6-14(25)7-9-15)3-2-4-19(20)33-21(12)22(32)29-18-11-13(23(26,27)28)5-10-16(18)24/h5-11,30H,2-4H2,1H3,(H,29,32)/b31-17+. The zero-order chi connectivity index (χ0) is 23.8. The van der Waals surface area contributed by atoms with Gasteiger partial charge in [0.15, 0.2) is 5.76 Å². The van der Waals surface area contributed by atoms with Gasteiger partial charge < -0.3 is 9.73 Å². The summed E-state index contributed by atoms with van der Waals surface area (Å²) in [5.41, 5.74) is 4.22.